The molecule has 6 heteroatoms. The zero-order chi connectivity index (χ0) is 15.5. The van der Waals surface area contributed by atoms with Crippen molar-refractivity contribution in [2.45, 2.75) is 19.4 Å². The number of rotatable bonds is 4. The molecule has 4 nitrogen and oxygen atoms in total. The van der Waals surface area contributed by atoms with Crippen molar-refractivity contribution in [3.05, 3.63) is 52.0 Å². The molecule has 1 heterocycles. The third-order valence-electron chi connectivity index (χ3n) is 3.02. The number of hydrogen-bond donors (Lipinski definition) is 3. The first-order valence-electron chi connectivity index (χ1n) is 6.46. The van der Waals surface area contributed by atoms with Crippen molar-refractivity contribution in [2.24, 2.45) is 0 Å². The minimum absolute atomic E-state index is 0.0345. The lowest BCUT2D eigenvalue weighted by Crippen LogP contribution is -2.40. The Balaban J connectivity index is 1.95. The molecule has 1 aromatic heterocycles. The van der Waals surface area contributed by atoms with Crippen LogP contribution in [0.25, 0.3) is 0 Å². The first-order valence-corrected chi connectivity index (χ1v) is 7.34. The van der Waals surface area contributed by atoms with Crippen LogP contribution in [0.1, 0.15) is 17.4 Å². The summed E-state index contributed by atoms with van der Waals surface area (Å²) < 4.78 is 13.5. The lowest BCUT2D eigenvalue weighted by Gasteiger charge is -2.22. The van der Waals surface area contributed by atoms with Crippen molar-refractivity contribution in [3.8, 4) is 0 Å². The number of carbonyl (C=O) groups is 1. The number of thiophene rings is 1. The molecule has 0 radical (unpaired) electrons. The summed E-state index contributed by atoms with van der Waals surface area (Å²) in [5.74, 6) is -0.499. The van der Waals surface area contributed by atoms with E-state index in [9.17, 15) is 14.3 Å². The van der Waals surface area contributed by atoms with E-state index < -0.39 is 17.4 Å². The summed E-state index contributed by atoms with van der Waals surface area (Å²) >= 11 is 1.41. The molecule has 0 aliphatic rings. The lowest BCUT2D eigenvalue weighted by molar-refractivity contribution is 0.0637. The largest absolute Gasteiger partial charge is 0.383 e. The molecule has 2 aromatic rings. The number of amides is 2. The van der Waals surface area contributed by atoms with Crippen molar-refractivity contribution in [1.82, 2.24) is 5.32 Å². The fraction of sp³-hybridized carbons (Fsp3) is 0.267. The van der Waals surface area contributed by atoms with Gasteiger partial charge in [0.1, 0.15) is 11.4 Å². The molecule has 0 aliphatic heterocycles. The number of aliphatic hydroxyl groups is 1. The first-order chi connectivity index (χ1) is 9.88. The van der Waals surface area contributed by atoms with E-state index in [0.29, 0.717) is 0 Å². The summed E-state index contributed by atoms with van der Waals surface area (Å²) in [5.41, 5.74) is -0.197. The summed E-state index contributed by atoms with van der Waals surface area (Å²) in [4.78, 5) is 12.5. The van der Waals surface area contributed by atoms with Crippen molar-refractivity contribution < 1.29 is 14.3 Å². The van der Waals surface area contributed by atoms with Crippen LogP contribution in [0.5, 0.6) is 0 Å². The van der Waals surface area contributed by atoms with E-state index in [4.69, 9.17) is 0 Å². The number of benzene rings is 1. The topological polar surface area (TPSA) is 61.4 Å². The van der Waals surface area contributed by atoms with Gasteiger partial charge in [-0.25, -0.2) is 9.18 Å². The highest BCUT2D eigenvalue weighted by Crippen LogP contribution is 2.24. The van der Waals surface area contributed by atoms with Gasteiger partial charge >= 0.3 is 6.03 Å². The molecular formula is C15H17FN2O2S. The quantitative estimate of drug-likeness (QED) is 0.812. The second-order valence-electron chi connectivity index (χ2n) is 5.04. The second kappa shape index (κ2) is 6.24. The highest BCUT2D eigenvalue weighted by atomic mass is 32.1. The summed E-state index contributed by atoms with van der Waals surface area (Å²) in [7, 11) is 0. The Morgan fingerprint density at radius 1 is 1.43 bits per heavy atom. The molecule has 0 spiro atoms. The van der Waals surface area contributed by atoms with Gasteiger partial charge in [-0.1, -0.05) is 12.1 Å². The Kier molecular flexibility index (Phi) is 4.59. The third kappa shape index (κ3) is 4.03. The van der Waals surface area contributed by atoms with Crippen LogP contribution in [0.4, 0.5) is 14.9 Å². The summed E-state index contributed by atoms with van der Waals surface area (Å²) in [6.45, 7) is 3.46. The molecule has 112 valence electrons. The lowest BCUT2D eigenvalue weighted by atomic mass is 10.1. The zero-order valence-electron chi connectivity index (χ0n) is 11.8. The molecule has 0 aliphatic carbocycles. The number of aryl methyl sites for hydroxylation is 1. The predicted molar refractivity (Wildman–Crippen MR) is 82.0 cm³/mol. The Morgan fingerprint density at radius 2 is 2.19 bits per heavy atom. The molecule has 3 N–H and O–H groups in total. The van der Waals surface area contributed by atoms with Crippen molar-refractivity contribution in [2.75, 3.05) is 11.9 Å². The van der Waals surface area contributed by atoms with E-state index in [1.165, 1.54) is 17.4 Å². The van der Waals surface area contributed by atoms with Gasteiger partial charge < -0.3 is 15.7 Å². The molecule has 2 amide bonds. The maximum absolute atomic E-state index is 13.5. The number of urea groups is 1. The monoisotopic (exact) mass is 308 g/mol. The molecule has 0 fully saturated rings. The molecule has 2 rings (SSSR count). The fourth-order valence-electron chi connectivity index (χ4n) is 1.83. The smallest absolute Gasteiger partial charge is 0.319 e. The van der Waals surface area contributed by atoms with Crippen LogP contribution in [0.2, 0.25) is 0 Å². The van der Waals surface area contributed by atoms with E-state index in [1.807, 2.05) is 18.4 Å². The van der Waals surface area contributed by atoms with Crippen molar-refractivity contribution >= 4 is 23.1 Å². The number of anilines is 1. The molecule has 1 unspecified atom stereocenters. The third-order valence-corrected chi connectivity index (χ3v) is 4.14. The van der Waals surface area contributed by atoms with Crippen LogP contribution in [-0.4, -0.2) is 17.7 Å². The van der Waals surface area contributed by atoms with Crippen molar-refractivity contribution in [3.63, 3.8) is 0 Å². The highest BCUT2D eigenvalue weighted by molar-refractivity contribution is 7.10. The van der Waals surface area contributed by atoms with E-state index in [0.717, 1.165) is 10.4 Å². The Bertz CT molecular complexity index is 627. The summed E-state index contributed by atoms with van der Waals surface area (Å²) in [6.07, 6.45) is 0. The van der Waals surface area contributed by atoms with Gasteiger partial charge in [0, 0.05) is 4.88 Å². The second-order valence-corrected chi connectivity index (χ2v) is 5.99. The van der Waals surface area contributed by atoms with Gasteiger partial charge in [0.05, 0.1) is 12.2 Å². The van der Waals surface area contributed by atoms with Crippen molar-refractivity contribution in [1.29, 1.82) is 0 Å². The average molecular weight is 308 g/mol. The minimum Gasteiger partial charge on any atom is -0.383 e. The zero-order valence-corrected chi connectivity index (χ0v) is 12.6. The SMILES string of the molecule is Cc1ccc(F)c(NC(=O)NCC(C)(O)c2cccs2)c1. The van der Waals surface area contributed by atoms with E-state index in [1.54, 1.807) is 25.1 Å². The fourth-order valence-corrected chi connectivity index (χ4v) is 2.61. The number of halogens is 1. The van der Waals surface area contributed by atoms with Crippen LogP contribution < -0.4 is 10.6 Å². The van der Waals surface area contributed by atoms with E-state index >= 15 is 0 Å². The molecule has 0 saturated heterocycles. The van der Waals surface area contributed by atoms with Gasteiger partial charge in [-0.15, -0.1) is 11.3 Å². The molecule has 1 aromatic carbocycles. The molecule has 21 heavy (non-hydrogen) atoms. The molecule has 0 saturated carbocycles. The maximum atomic E-state index is 13.5. The normalized spacial score (nSPS) is 13.5. The highest BCUT2D eigenvalue weighted by Gasteiger charge is 2.24. The summed E-state index contributed by atoms with van der Waals surface area (Å²) in [5, 5.41) is 17.1. The number of hydrogen-bond acceptors (Lipinski definition) is 3. The number of carbonyl (C=O) groups excluding carboxylic acids is 1. The maximum Gasteiger partial charge on any atom is 0.319 e. The molecule has 1 atom stereocenters. The Morgan fingerprint density at radius 3 is 2.86 bits per heavy atom. The van der Waals surface area contributed by atoms with E-state index in [-0.39, 0.29) is 12.2 Å². The van der Waals surface area contributed by atoms with Crippen LogP contribution in [0.15, 0.2) is 35.7 Å². The Hall–Kier alpha value is -1.92. The molecule has 0 bridgehead atoms. The Labute approximate surface area is 126 Å². The van der Waals surface area contributed by atoms with Gasteiger partial charge in [-0.05, 0) is 43.0 Å². The van der Waals surface area contributed by atoms with Gasteiger partial charge in [-0.3, -0.25) is 0 Å². The van der Waals surface area contributed by atoms with Gasteiger partial charge in [0.15, 0.2) is 0 Å². The van der Waals surface area contributed by atoms with Crippen LogP contribution in [0.3, 0.4) is 0 Å². The van der Waals surface area contributed by atoms with Crippen LogP contribution in [-0.2, 0) is 5.60 Å². The predicted octanol–water partition coefficient (Wildman–Crippen LogP) is 3.22. The minimum atomic E-state index is -1.16. The van der Waals surface area contributed by atoms with E-state index in [2.05, 4.69) is 10.6 Å². The number of nitrogens with one attached hydrogen (secondary N) is 2. The standard InChI is InChI=1S/C15H17FN2O2S/c1-10-5-6-11(16)12(8-10)18-14(19)17-9-15(2,20)13-4-3-7-21-13/h3-8,20H,9H2,1-2H3,(H2,17,18,19). The average Bonchev–Trinajstić information content (AvgIpc) is 2.96. The van der Waals surface area contributed by atoms with Gasteiger partial charge in [0.25, 0.3) is 0 Å². The summed E-state index contributed by atoms with van der Waals surface area (Å²) in [6, 6.07) is 7.54. The molecular weight excluding hydrogens is 291 g/mol. The van der Waals surface area contributed by atoms with Gasteiger partial charge in [-0.2, -0.15) is 0 Å². The van der Waals surface area contributed by atoms with Crippen LogP contribution >= 0.6 is 11.3 Å². The van der Waals surface area contributed by atoms with Crippen LogP contribution in [0, 0.1) is 12.7 Å². The first kappa shape index (κ1) is 15.5. The van der Waals surface area contributed by atoms with Gasteiger partial charge in [0.2, 0.25) is 0 Å².